The van der Waals surface area contributed by atoms with E-state index < -0.39 is 0 Å². The lowest BCUT2D eigenvalue weighted by Crippen LogP contribution is -2.39. The summed E-state index contributed by atoms with van der Waals surface area (Å²) in [6.07, 6.45) is 10.8. The Morgan fingerprint density at radius 2 is 0.951 bits per heavy atom. The third kappa shape index (κ3) is 8.78. The molecule has 0 atom stereocenters. The number of hydrogen-bond donors (Lipinski definition) is 2. The molecule has 41 heavy (non-hydrogen) atoms. The van der Waals surface area contributed by atoms with E-state index in [2.05, 4.69) is 10.6 Å². The van der Waals surface area contributed by atoms with Gasteiger partial charge in [0.05, 0.1) is 41.3 Å². The minimum atomic E-state index is 0.0622. The summed E-state index contributed by atoms with van der Waals surface area (Å²) >= 11 is 0. The van der Waals surface area contributed by atoms with Crippen LogP contribution in [0.15, 0.2) is 36.4 Å². The van der Waals surface area contributed by atoms with Crippen molar-refractivity contribution in [2.75, 3.05) is 28.4 Å². The molecule has 8 nitrogen and oxygen atoms in total. The maximum Gasteiger partial charge on any atom is 0.224 e. The summed E-state index contributed by atoms with van der Waals surface area (Å²) in [7, 11) is 6.42. The summed E-state index contributed by atoms with van der Waals surface area (Å²) in [5, 5.41) is 6.49. The minimum absolute atomic E-state index is 0.0622. The Morgan fingerprint density at radius 3 is 1.29 bits per heavy atom. The molecule has 0 aliphatic heterocycles. The quantitative estimate of drug-likeness (QED) is 0.365. The molecule has 0 heterocycles. The molecular weight excluding hydrogens is 520 g/mol. The SMILES string of the molecule is COc1ccc(CC(=O)NC2CCC(CC3CCC(NC(=O)Cc4ccc(OC)c(OC)c4)CC3)CC2)cc1OC. The van der Waals surface area contributed by atoms with E-state index >= 15 is 0 Å². The van der Waals surface area contributed by atoms with Gasteiger partial charge in [-0.25, -0.2) is 0 Å². The molecule has 2 N–H and O–H groups in total. The number of carbonyl (C=O) groups is 2. The smallest absolute Gasteiger partial charge is 0.224 e. The fraction of sp³-hybridized carbons (Fsp3) is 0.576. The minimum Gasteiger partial charge on any atom is -0.493 e. The lowest BCUT2D eigenvalue weighted by atomic mass is 9.75. The van der Waals surface area contributed by atoms with Crippen LogP contribution < -0.4 is 29.6 Å². The van der Waals surface area contributed by atoms with Gasteiger partial charge in [0, 0.05) is 12.1 Å². The van der Waals surface area contributed by atoms with Crippen molar-refractivity contribution in [3.05, 3.63) is 47.5 Å². The van der Waals surface area contributed by atoms with Gasteiger partial charge in [0.1, 0.15) is 0 Å². The summed E-state index contributed by atoms with van der Waals surface area (Å²) in [5.74, 6) is 4.21. The predicted molar refractivity (Wildman–Crippen MR) is 159 cm³/mol. The Balaban J connectivity index is 1.12. The number of methoxy groups -OCH3 is 4. The number of hydrogen-bond acceptors (Lipinski definition) is 6. The van der Waals surface area contributed by atoms with Crippen LogP contribution in [0.25, 0.3) is 0 Å². The number of nitrogens with one attached hydrogen (secondary N) is 2. The van der Waals surface area contributed by atoms with Gasteiger partial charge in [-0.15, -0.1) is 0 Å². The molecule has 0 radical (unpaired) electrons. The average molecular weight is 567 g/mol. The van der Waals surface area contributed by atoms with E-state index in [-0.39, 0.29) is 23.9 Å². The molecule has 8 heteroatoms. The topological polar surface area (TPSA) is 95.1 Å². The van der Waals surface area contributed by atoms with E-state index in [1.807, 2.05) is 36.4 Å². The highest BCUT2D eigenvalue weighted by Crippen LogP contribution is 2.36. The Hall–Kier alpha value is -3.42. The molecule has 2 amide bonds. The number of benzene rings is 2. The van der Waals surface area contributed by atoms with Crippen molar-refractivity contribution >= 4 is 11.8 Å². The summed E-state index contributed by atoms with van der Waals surface area (Å²) in [6.45, 7) is 0. The third-order valence-electron chi connectivity index (χ3n) is 8.72. The highest BCUT2D eigenvalue weighted by molar-refractivity contribution is 5.79. The summed E-state index contributed by atoms with van der Waals surface area (Å²) < 4.78 is 21.3. The molecule has 0 bridgehead atoms. The number of rotatable bonds is 12. The number of amides is 2. The molecule has 4 rings (SSSR count). The first kappa shape index (κ1) is 30.5. The Morgan fingerprint density at radius 1 is 0.585 bits per heavy atom. The zero-order valence-corrected chi connectivity index (χ0v) is 25.0. The normalized spacial score (nSPS) is 22.3. The van der Waals surface area contributed by atoms with Crippen molar-refractivity contribution in [1.29, 1.82) is 0 Å². The molecule has 2 aliphatic rings. The molecule has 224 valence electrons. The largest absolute Gasteiger partial charge is 0.493 e. The van der Waals surface area contributed by atoms with Crippen molar-refractivity contribution in [3.8, 4) is 23.0 Å². The van der Waals surface area contributed by atoms with E-state index in [0.717, 1.165) is 48.6 Å². The van der Waals surface area contributed by atoms with Crippen molar-refractivity contribution < 1.29 is 28.5 Å². The third-order valence-corrected chi connectivity index (χ3v) is 8.72. The summed E-state index contributed by atoms with van der Waals surface area (Å²) in [4.78, 5) is 25.3. The number of ether oxygens (including phenoxy) is 4. The van der Waals surface area contributed by atoms with Crippen LogP contribution in [0.5, 0.6) is 23.0 Å². The second-order valence-electron chi connectivity index (χ2n) is 11.5. The second-order valence-corrected chi connectivity index (χ2v) is 11.5. The fourth-order valence-corrected chi connectivity index (χ4v) is 6.47. The molecule has 0 unspecified atom stereocenters. The Labute approximate surface area is 244 Å². The van der Waals surface area contributed by atoms with Gasteiger partial charge in [0.25, 0.3) is 0 Å². The van der Waals surface area contributed by atoms with E-state index in [9.17, 15) is 9.59 Å². The lowest BCUT2D eigenvalue weighted by molar-refractivity contribution is -0.122. The van der Waals surface area contributed by atoms with Crippen LogP contribution in [-0.2, 0) is 22.4 Å². The van der Waals surface area contributed by atoms with Crippen molar-refractivity contribution in [1.82, 2.24) is 10.6 Å². The van der Waals surface area contributed by atoms with Gasteiger partial charge in [-0.1, -0.05) is 12.1 Å². The van der Waals surface area contributed by atoms with Crippen LogP contribution in [0.4, 0.5) is 0 Å². The van der Waals surface area contributed by atoms with Crippen molar-refractivity contribution in [2.24, 2.45) is 11.8 Å². The number of carbonyl (C=O) groups excluding carboxylic acids is 2. The van der Waals surface area contributed by atoms with Gasteiger partial charge in [-0.05, 0) is 105 Å². The van der Waals surface area contributed by atoms with Gasteiger partial charge < -0.3 is 29.6 Å². The van der Waals surface area contributed by atoms with Crippen LogP contribution in [0.1, 0.15) is 68.9 Å². The van der Waals surface area contributed by atoms with E-state index in [0.29, 0.717) is 35.8 Å². The van der Waals surface area contributed by atoms with E-state index in [4.69, 9.17) is 18.9 Å². The Bertz CT molecular complexity index is 1060. The maximum atomic E-state index is 12.7. The first-order valence-electron chi connectivity index (χ1n) is 14.9. The maximum absolute atomic E-state index is 12.7. The van der Waals surface area contributed by atoms with E-state index in [1.165, 1.54) is 32.1 Å². The highest BCUT2D eigenvalue weighted by atomic mass is 16.5. The van der Waals surface area contributed by atoms with Crippen molar-refractivity contribution in [2.45, 2.75) is 82.7 Å². The average Bonchev–Trinajstić information content (AvgIpc) is 2.98. The standard InChI is InChI=1S/C33H46N2O6/c1-38-28-15-9-24(18-30(28)40-3)20-32(36)34-26-11-5-22(6-12-26)17-23-7-13-27(14-8-23)35-33(37)21-25-10-16-29(39-2)31(19-25)41-4/h9-10,15-16,18-19,22-23,26-27H,5-8,11-14,17,20-21H2,1-4H3,(H,34,36)(H,35,37). The van der Waals surface area contributed by atoms with Gasteiger partial charge in [0.2, 0.25) is 11.8 Å². The molecule has 0 spiro atoms. The molecule has 2 fully saturated rings. The molecule has 2 aliphatic carbocycles. The Kier molecular flexibility index (Phi) is 11.2. The molecule has 2 aromatic carbocycles. The fourth-order valence-electron chi connectivity index (χ4n) is 6.47. The molecule has 0 saturated heterocycles. The molecule has 2 saturated carbocycles. The van der Waals surface area contributed by atoms with Gasteiger partial charge in [-0.2, -0.15) is 0 Å². The first-order valence-corrected chi connectivity index (χ1v) is 14.9. The second kappa shape index (κ2) is 15.0. The van der Waals surface area contributed by atoms with Crippen LogP contribution in [0, 0.1) is 11.8 Å². The zero-order chi connectivity index (χ0) is 29.2. The monoisotopic (exact) mass is 566 g/mol. The molecular formula is C33H46N2O6. The van der Waals surface area contributed by atoms with Crippen LogP contribution >= 0.6 is 0 Å². The van der Waals surface area contributed by atoms with Gasteiger partial charge >= 0.3 is 0 Å². The first-order chi connectivity index (χ1) is 19.9. The predicted octanol–water partition coefficient (Wildman–Crippen LogP) is 5.25. The molecule has 0 aromatic heterocycles. The van der Waals surface area contributed by atoms with E-state index in [1.54, 1.807) is 28.4 Å². The van der Waals surface area contributed by atoms with Crippen LogP contribution in [0.2, 0.25) is 0 Å². The van der Waals surface area contributed by atoms with Gasteiger partial charge in [-0.3, -0.25) is 9.59 Å². The van der Waals surface area contributed by atoms with Crippen molar-refractivity contribution in [3.63, 3.8) is 0 Å². The summed E-state index contributed by atoms with van der Waals surface area (Å²) in [6, 6.07) is 11.8. The van der Waals surface area contributed by atoms with Crippen LogP contribution in [0.3, 0.4) is 0 Å². The molecule has 2 aromatic rings. The van der Waals surface area contributed by atoms with Gasteiger partial charge in [0.15, 0.2) is 23.0 Å². The highest BCUT2D eigenvalue weighted by Gasteiger charge is 2.28. The lowest BCUT2D eigenvalue weighted by Gasteiger charge is -2.34. The summed E-state index contributed by atoms with van der Waals surface area (Å²) in [5.41, 5.74) is 1.84. The zero-order valence-electron chi connectivity index (χ0n) is 25.0. The van der Waals surface area contributed by atoms with Crippen LogP contribution in [-0.4, -0.2) is 52.3 Å².